The number of anilines is 3. The lowest BCUT2D eigenvalue weighted by atomic mass is 9.60. The molecular weight excluding hydrogens is 674 g/mol. The Bertz CT molecular complexity index is 1840. The van der Waals surface area contributed by atoms with Crippen LogP contribution in [0.15, 0.2) is 46.9 Å². The number of halogens is 6. The van der Waals surface area contributed by atoms with Gasteiger partial charge in [-0.15, -0.1) is 0 Å². The molecule has 0 heterocycles. The normalized spacial score (nSPS) is 22.5. The fraction of sp³-hybridized carbons (Fsp3) is 0.333. The molecule has 0 unspecified atom stereocenters. The van der Waals surface area contributed by atoms with Crippen LogP contribution in [0.25, 0.3) is 0 Å². The molecule has 0 fully saturated rings. The van der Waals surface area contributed by atoms with Gasteiger partial charge in [-0.25, -0.2) is 0 Å². The highest BCUT2D eigenvalue weighted by molar-refractivity contribution is 7.80. The van der Waals surface area contributed by atoms with Gasteiger partial charge in [-0.1, -0.05) is 0 Å². The van der Waals surface area contributed by atoms with Crippen LogP contribution < -0.4 is 21.3 Å². The van der Waals surface area contributed by atoms with Crippen LogP contribution in [-0.4, -0.2) is 62.7 Å². The number of hydrogen-bond donors (Lipinski definition) is 7. The molecule has 0 saturated carbocycles. The first kappa shape index (κ1) is 34.5. The molecule has 3 aliphatic rings. The topological polar surface area (TPSA) is 185 Å². The third-order valence-corrected chi connectivity index (χ3v) is 8.82. The number of rotatable bonds is 4. The van der Waals surface area contributed by atoms with Crippen LogP contribution in [0, 0.1) is 11.8 Å². The van der Waals surface area contributed by atoms with E-state index in [1.807, 2.05) is 0 Å². The van der Waals surface area contributed by atoms with Gasteiger partial charge in [0.15, 0.2) is 22.2 Å². The number of carbonyl (C=O) groups is 3. The number of carbonyl (C=O) groups excluding carboxylic acids is 3. The van der Waals surface area contributed by atoms with Crippen LogP contribution in [0.3, 0.4) is 0 Å². The van der Waals surface area contributed by atoms with E-state index < -0.39 is 110 Å². The lowest BCUT2D eigenvalue weighted by molar-refractivity contribution is -0.145. The number of phenols is 1. The van der Waals surface area contributed by atoms with Gasteiger partial charge in [-0.2, -0.15) is 26.3 Å². The second-order valence-corrected chi connectivity index (χ2v) is 12.2. The molecule has 8 N–H and O–H groups in total. The van der Waals surface area contributed by atoms with Gasteiger partial charge in [0.05, 0.1) is 22.4 Å². The first-order chi connectivity index (χ1) is 22.1. The Balaban J connectivity index is 1.55. The zero-order chi connectivity index (χ0) is 35.8. The van der Waals surface area contributed by atoms with Crippen LogP contribution in [0.1, 0.15) is 39.9 Å². The molecule has 3 atom stereocenters. The number of Topliss-reactive ketones (excluding diaryl/α,β-unsaturated/α-hetero) is 2. The lowest BCUT2D eigenvalue weighted by Gasteiger charge is -2.46. The number of nitrogens with two attached hydrogens (primary N) is 1. The second kappa shape index (κ2) is 11.4. The average Bonchev–Trinajstić information content (AvgIpc) is 2.94. The number of fused-ring (bicyclic) bond motifs is 3. The molecule has 48 heavy (non-hydrogen) atoms. The standard InChI is InChI=1S/C30H26F6N4O7S/c1-40(2)17-9-16(39-27(48)38-14-6-12(29(31,32)33)5-13(7-14)30(34,35)36)22(42)20-15(17)4-10-3-11-8-18(41)21(26(37)46)25(45)28(11,47)24(44)19(10)23(20)43/h5-7,9-11,41-42,44,47H,3-4,8H2,1-2H3,(H2,37,46)(H2,38,39,48)/t10-,11+,28+/m1/s1. The van der Waals surface area contributed by atoms with Crippen molar-refractivity contribution in [2.75, 3.05) is 29.6 Å². The van der Waals surface area contributed by atoms with E-state index in [9.17, 15) is 61.2 Å². The summed E-state index contributed by atoms with van der Waals surface area (Å²) in [5.41, 5.74) is -2.99. The molecule has 2 aromatic carbocycles. The fourth-order valence-corrected chi connectivity index (χ4v) is 6.70. The summed E-state index contributed by atoms with van der Waals surface area (Å²) in [6.45, 7) is 0. The molecular formula is C30H26F6N4O7S. The average molecular weight is 701 g/mol. The largest absolute Gasteiger partial charge is 0.511 e. The number of benzene rings is 2. The first-order valence-electron chi connectivity index (χ1n) is 14.0. The maximum absolute atomic E-state index is 14.0. The number of phenolic OH excluding ortho intramolecular Hbond substituents is 1. The maximum Gasteiger partial charge on any atom is 0.416 e. The van der Waals surface area contributed by atoms with E-state index in [1.165, 1.54) is 6.07 Å². The summed E-state index contributed by atoms with van der Waals surface area (Å²) in [7, 11) is 3.16. The van der Waals surface area contributed by atoms with E-state index in [0.29, 0.717) is 17.8 Å². The second-order valence-electron chi connectivity index (χ2n) is 11.8. The van der Waals surface area contributed by atoms with Gasteiger partial charge in [0.1, 0.15) is 17.1 Å². The Morgan fingerprint density at radius 2 is 1.56 bits per heavy atom. The minimum atomic E-state index is -5.13. The van der Waals surface area contributed by atoms with Crippen LogP contribution in [0.4, 0.5) is 43.4 Å². The molecule has 0 radical (unpaired) electrons. The molecule has 2 aromatic rings. The number of allylic oxidation sites excluding steroid dienone is 2. The summed E-state index contributed by atoms with van der Waals surface area (Å²) in [6, 6.07) is 2.05. The number of nitrogens with zero attached hydrogens (tertiary/aromatic N) is 1. The zero-order valence-electron chi connectivity index (χ0n) is 24.8. The van der Waals surface area contributed by atoms with E-state index in [1.54, 1.807) is 19.0 Å². The van der Waals surface area contributed by atoms with Gasteiger partial charge in [-0.3, -0.25) is 14.4 Å². The van der Waals surface area contributed by atoms with E-state index in [-0.39, 0.29) is 30.2 Å². The number of nitrogens with one attached hydrogen (secondary N) is 2. The van der Waals surface area contributed by atoms with Crippen molar-refractivity contribution in [3.05, 3.63) is 69.2 Å². The van der Waals surface area contributed by atoms with Gasteiger partial charge in [0.2, 0.25) is 5.78 Å². The van der Waals surface area contributed by atoms with Crippen molar-refractivity contribution in [3.63, 3.8) is 0 Å². The Labute approximate surface area is 272 Å². The predicted molar refractivity (Wildman–Crippen MR) is 161 cm³/mol. The van der Waals surface area contributed by atoms with Crippen molar-refractivity contribution in [1.29, 1.82) is 0 Å². The smallest absolute Gasteiger partial charge is 0.416 e. The lowest BCUT2D eigenvalue weighted by Crippen LogP contribution is -2.57. The van der Waals surface area contributed by atoms with Crippen molar-refractivity contribution >= 4 is 51.9 Å². The van der Waals surface area contributed by atoms with E-state index in [4.69, 9.17) is 18.0 Å². The first-order valence-corrected chi connectivity index (χ1v) is 14.4. The number of thiocarbonyl (C=S) groups is 1. The number of ketones is 2. The third kappa shape index (κ3) is 5.57. The van der Waals surface area contributed by atoms with Gasteiger partial charge in [-0.05, 0) is 60.8 Å². The zero-order valence-corrected chi connectivity index (χ0v) is 25.6. The summed E-state index contributed by atoms with van der Waals surface area (Å²) in [5.74, 6) is -8.29. The maximum atomic E-state index is 14.0. The monoisotopic (exact) mass is 700 g/mol. The highest BCUT2D eigenvalue weighted by Crippen LogP contribution is 2.53. The highest BCUT2D eigenvalue weighted by atomic mass is 32.1. The summed E-state index contributed by atoms with van der Waals surface area (Å²) in [6.07, 6.45) is -10.8. The van der Waals surface area contributed by atoms with Crippen molar-refractivity contribution in [2.45, 2.75) is 37.2 Å². The van der Waals surface area contributed by atoms with Crippen LogP contribution in [-0.2, 0) is 28.4 Å². The molecule has 5 rings (SSSR count). The van der Waals surface area contributed by atoms with Crippen LogP contribution >= 0.6 is 12.2 Å². The third-order valence-electron chi connectivity index (χ3n) is 8.61. The Kier molecular flexibility index (Phi) is 8.19. The Morgan fingerprint density at radius 1 is 0.979 bits per heavy atom. The molecule has 0 bridgehead atoms. The molecule has 0 spiro atoms. The fourth-order valence-electron chi connectivity index (χ4n) is 6.47. The molecule has 1 amide bonds. The molecule has 0 aliphatic heterocycles. The minimum Gasteiger partial charge on any atom is -0.511 e. The number of aliphatic hydroxyl groups excluding tert-OH is 2. The number of amides is 1. The van der Waals surface area contributed by atoms with Crippen molar-refractivity contribution in [3.8, 4) is 5.75 Å². The number of primary amides is 1. The highest BCUT2D eigenvalue weighted by Gasteiger charge is 2.59. The SMILES string of the molecule is CN(C)c1cc(NC(=S)Nc2cc(C(F)(F)F)cc(C(F)(F)F)c2)c(O)c2c1C[C@H]1C[C@H]3CC(O)=C(C(N)=O)C(=O)[C@@]3(O)C(O)=C1C2=O. The number of aromatic hydroxyl groups is 1. The van der Waals surface area contributed by atoms with Crippen molar-refractivity contribution in [2.24, 2.45) is 17.6 Å². The van der Waals surface area contributed by atoms with Gasteiger partial charge in [0.25, 0.3) is 5.91 Å². The molecule has 11 nitrogen and oxygen atoms in total. The van der Waals surface area contributed by atoms with Crippen LogP contribution in [0.2, 0.25) is 0 Å². The molecule has 256 valence electrons. The van der Waals surface area contributed by atoms with Gasteiger partial charge < -0.3 is 41.7 Å². The van der Waals surface area contributed by atoms with E-state index >= 15 is 0 Å². The minimum absolute atomic E-state index is 0.0249. The number of alkyl halides is 6. The quantitative estimate of drug-likeness (QED) is 0.103. The van der Waals surface area contributed by atoms with Gasteiger partial charge in [0, 0.05) is 43.4 Å². The van der Waals surface area contributed by atoms with E-state index in [0.717, 1.165) is 0 Å². The van der Waals surface area contributed by atoms with Crippen LogP contribution in [0.5, 0.6) is 5.75 Å². The number of aliphatic hydroxyl groups is 3. The summed E-state index contributed by atoms with van der Waals surface area (Å²) in [5, 5.41) is 48.4. The van der Waals surface area contributed by atoms with E-state index in [2.05, 4.69) is 10.6 Å². The Morgan fingerprint density at radius 3 is 2.08 bits per heavy atom. The summed E-state index contributed by atoms with van der Waals surface area (Å²) >= 11 is 5.11. The molecule has 0 aromatic heterocycles. The predicted octanol–water partition coefficient (Wildman–Crippen LogP) is 4.49. The van der Waals surface area contributed by atoms with Crippen molar-refractivity contribution in [1.82, 2.24) is 0 Å². The van der Waals surface area contributed by atoms with Gasteiger partial charge >= 0.3 is 12.4 Å². The Hall–Kier alpha value is -4.84. The summed E-state index contributed by atoms with van der Waals surface area (Å²) in [4.78, 5) is 40.6. The molecule has 18 heteroatoms. The number of hydrogen-bond acceptors (Lipinski definition) is 9. The molecule has 0 saturated heterocycles. The summed E-state index contributed by atoms with van der Waals surface area (Å²) < 4.78 is 80.1. The molecule has 3 aliphatic carbocycles. The van der Waals surface area contributed by atoms with Crippen molar-refractivity contribution < 1.29 is 61.2 Å².